The molecule has 1 aromatic heterocycles. The molecule has 1 amide bonds. The molecule has 2 aromatic carbocycles. The smallest absolute Gasteiger partial charge is 0.256 e. The molecule has 0 saturated carbocycles. The summed E-state index contributed by atoms with van der Waals surface area (Å²) in [6, 6.07) is 17.2. The molecule has 2 heterocycles. The van der Waals surface area contributed by atoms with Gasteiger partial charge in [0.1, 0.15) is 0 Å². The number of fused-ring (bicyclic) bond motifs is 1. The van der Waals surface area contributed by atoms with E-state index < -0.39 is 0 Å². The summed E-state index contributed by atoms with van der Waals surface area (Å²) in [6.45, 7) is 1.75. The minimum atomic E-state index is -0.188. The Labute approximate surface area is 169 Å². The summed E-state index contributed by atoms with van der Waals surface area (Å²) in [6.07, 6.45) is 7.57. The zero-order valence-electron chi connectivity index (χ0n) is 16.2. The highest BCUT2D eigenvalue weighted by atomic mass is 16.5. The number of H-pyrrole nitrogens is 1. The van der Waals surface area contributed by atoms with Crippen molar-refractivity contribution < 1.29 is 9.53 Å². The standard InChI is InChI=1S/C24H24N2O3/c27-23-21-13-5-4-12-20(21)22(16-25-23)24(28)26(17-19-11-7-15-29-19)14-6-10-18-8-2-1-3-9-18/h1-6,8-10,12-13,16,19H,7,11,14-15,17H2,(H,25,27)/b10-6+/t19-/m1/s1. The molecule has 1 saturated heterocycles. The number of rotatable bonds is 6. The topological polar surface area (TPSA) is 62.4 Å². The number of hydrogen-bond donors (Lipinski definition) is 1. The summed E-state index contributed by atoms with van der Waals surface area (Å²) < 4.78 is 5.76. The molecule has 0 spiro atoms. The van der Waals surface area contributed by atoms with E-state index >= 15 is 0 Å². The van der Waals surface area contributed by atoms with E-state index in [1.165, 1.54) is 6.20 Å². The molecule has 0 aliphatic carbocycles. The summed E-state index contributed by atoms with van der Waals surface area (Å²) in [4.78, 5) is 30.0. The molecule has 4 rings (SSSR count). The second-order valence-electron chi connectivity index (χ2n) is 7.24. The lowest BCUT2D eigenvalue weighted by Crippen LogP contribution is -2.38. The Kier molecular flexibility index (Phi) is 5.86. The Morgan fingerprint density at radius 1 is 1.10 bits per heavy atom. The molecule has 1 atom stereocenters. The highest BCUT2D eigenvalue weighted by Crippen LogP contribution is 2.19. The van der Waals surface area contributed by atoms with E-state index in [0.717, 1.165) is 25.0 Å². The molecule has 0 radical (unpaired) electrons. The lowest BCUT2D eigenvalue weighted by molar-refractivity contribution is 0.0555. The van der Waals surface area contributed by atoms with Gasteiger partial charge in [-0.05, 0) is 24.5 Å². The van der Waals surface area contributed by atoms with Crippen LogP contribution in [0.15, 0.2) is 71.7 Å². The van der Waals surface area contributed by atoms with E-state index in [4.69, 9.17) is 4.74 Å². The molecular weight excluding hydrogens is 364 g/mol. The molecule has 29 heavy (non-hydrogen) atoms. The molecule has 1 aliphatic rings. The van der Waals surface area contributed by atoms with Crippen LogP contribution in [0.4, 0.5) is 0 Å². The van der Waals surface area contributed by atoms with Crippen LogP contribution in [0.2, 0.25) is 0 Å². The lowest BCUT2D eigenvalue weighted by Gasteiger charge is -2.25. The van der Waals surface area contributed by atoms with Crippen LogP contribution in [0, 0.1) is 0 Å². The average molecular weight is 388 g/mol. The van der Waals surface area contributed by atoms with E-state index in [-0.39, 0.29) is 17.6 Å². The van der Waals surface area contributed by atoms with Crippen molar-refractivity contribution >= 4 is 22.8 Å². The van der Waals surface area contributed by atoms with Gasteiger partial charge in [-0.2, -0.15) is 0 Å². The first-order valence-electron chi connectivity index (χ1n) is 9.95. The van der Waals surface area contributed by atoms with E-state index in [1.807, 2.05) is 54.6 Å². The number of amides is 1. The SMILES string of the molecule is O=C(c1c[nH]c(=O)c2ccccc12)N(C/C=C/c1ccccc1)C[C@H]1CCCO1. The van der Waals surface area contributed by atoms with Crippen LogP contribution in [0.25, 0.3) is 16.8 Å². The number of nitrogens with zero attached hydrogens (tertiary/aromatic N) is 1. The fourth-order valence-electron chi connectivity index (χ4n) is 3.71. The third-order valence-corrected chi connectivity index (χ3v) is 5.21. The maximum atomic E-state index is 13.4. The Morgan fingerprint density at radius 3 is 2.62 bits per heavy atom. The first-order valence-corrected chi connectivity index (χ1v) is 9.95. The van der Waals surface area contributed by atoms with Gasteiger partial charge in [-0.15, -0.1) is 0 Å². The molecule has 5 heteroatoms. The number of hydrogen-bond acceptors (Lipinski definition) is 3. The maximum absolute atomic E-state index is 13.4. The third-order valence-electron chi connectivity index (χ3n) is 5.21. The number of carbonyl (C=O) groups is 1. The molecule has 148 valence electrons. The lowest BCUT2D eigenvalue weighted by atomic mass is 10.1. The third kappa shape index (κ3) is 4.46. The summed E-state index contributed by atoms with van der Waals surface area (Å²) in [5.41, 5.74) is 1.41. The molecule has 1 aliphatic heterocycles. The quantitative estimate of drug-likeness (QED) is 0.697. The predicted octanol–water partition coefficient (Wildman–Crippen LogP) is 3.86. The number of carbonyl (C=O) groups excluding carboxylic acids is 1. The average Bonchev–Trinajstić information content (AvgIpc) is 3.27. The fraction of sp³-hybridized carbons (Fsp3) is 0.250. The molecule has 5 nitrogen and oxygen atoms in total. The Balaban J connectivity index is 1.61. The van der Waals surface area contributed by atoms with E-state index in [2.05, 4.69) is 4.98 Å². The van der Waals surface area contributed by atoms with E-state index in [0.29, 0.717) is 29.4 Å². The first-order chi connectivity index (χ1) is 14.2. The van der Waals surface area contributed by atoms with Crippen LogP contribution in [-0.4, -0.2) is 41.6 Å². The second-order valence-corrected chi connectivity index (χ2v) is 7.24. The number of nitrogens with one attached hydrogen (secondary N) is 1. The minimum Gasteiger partial charge on any atom is -0.376 e. The van der Waals surface area contributed by atoms with Gasteiger partial charge in [0.15, 0.2) is 0 Å². The Hall–Kier alpha value is -3.18. The van der Waals surface area contributed by atoms with Gasteiger partial charge in [-0.1, -0.05) is 60.7 Å². The van der Waals surface area contributed by atoms with Gasteiger partial charge < -0.3 is 14.6 Å². The summed E-state index contributed by atoms with van der Waals surface area (Å²) >= 11 is 0. The molecule has 3 aromatic rings. The van der Waals surface area contributed by atoms with Crippen LogP contribution >= 0.6 is 0 Å². The van der Waals surface area contributed by atoms with Gasteiger partial charge >= 0.3 is 0 Å². The normalized spacial score (nSPS) is 16.5. The maximum Gasteiger partial charge on any atom is 0.256 e. The zero-order valence-corrected chi connectivity index (χ0v) is 16.2. The zero-order chi connectivity index (χ0) is 20.1. The van der Waals surface area contributed by atoms with Gasteiger partial charge in [0.2, 0.25) is 0 Å². The summed E-state index contributed by atoms with van der Waals surface area (Å²) in [5.74, 6) is -0.106. The molecule has 1 N–H and O–H groups in total. The largest absolute Gasteiger partial charge is 0.376 e. The fourth-order valence-corrected chi connectivity index (χ4v) is 3.71. The van der Waals surface area contributed by atoms with E-state index in [9.17, 15) is 9.59 Å². The van der Waals surface area contributed by atoms with Crippen LogP contribution < -0.4 is 5.56 Å². The van der Waals surface area contributed by atoms with Crippen molar-refractivity contribution in [1.82, 2.24) is 9.88 Å². The van der Waals surface area contributed by atoms with Crippen LogP contribution in [0.1, 0.15) is 28.8 Å². The number of aromatic amines is 1. The van der Waals surface area contributed by atoms with Gasteiger partial charge in [0, 0.05) is 36.7 Å². The Morgan fingerprint density at radius 2 is 1.86 bits per heavy atom. The molecule has 0 unspecified atom stereocenters. The first kappa shape index (κ1) is 19.2. The highest BCUT2D eigenvalue weighted by Gasteiger charge is 2.24. The molecule has 0 bridgehead atoms. The monoisotopic (exact) mass is 388 g/mol. The van der Waals surface area contributed by atoms with Crippen LogP contribution in [-0.2, 0) is 4.74 Å². The van der Waals surface area contributed by atoms with Crippen molar-refractivity contribution in [1.29, 1.82) is 0 Å². The van der Waals surface area contributed by atoms with Crippen molar-refractivity contribution in [2.24, 2.45) is 0 Å². The van der Waals surface area contributed by atoms with Crippen LogP contribution in [0.5, 0.6) is 0 Å². The number of pyridine rings is 1. The van der Waals surface area contributed by atoms with Crippen molar-refractivity contribution in [3.05, 3.63) is 88.4 Å². The number of ether oxygens (including phenoxy) is 1. The van der Waals surface area contributed by atoms with Gasteiger partial charge in [0.05, 0.1) is 11.7 Å². The van der Waals surface area contributed by atoms with Crippen molar-refractivity contribution in [3.8, 4) is 0 Å². The number of aromatic nitrogens is 1. The predicted molar refractivity (Wildman–Crippen MR) is 115 cm³/mol. The minimum absolute atomic E-state index is 0.0538. The van der Waals surface area contributed by atoms with Crippen LogP contribution in [0.3, 0.4) is 0 Å². The van der Waals surface area contributed by atoms with E-state index in [1.54, 1.807) is 17.0 Å². The highest BCUT2D eigenvalue weighted by molar-refractivity contribution is 6.06. The summed E-state index contributed by atoms with van der Waals surface area (Å²) in [7, 11) is 0. The van der Waals surface area contributed by atoms with Gasteiger partial charge in [-0.25, -0.2) is 0 Å². The molecular formula is C24H24N2O3. The molecule has 1 fully saturated rings. The van der Waals surface area contributed by atoms with Crippen molar-refractivity contribution in [2.75, 3.05) is 19.7 Å². The Bertz CT molecular complexity index is 1070. The number of benzene rings is 2. The second kappa shape index (κ2) is 8.88. The van der Waals surface area contributed by atoms with Crippen molar-refractivity contribution in [3.63, 3.8) is 0 Å². The summed E-state index contributed by atoms with van der Waals surface area (Å²) in [5, 5.41) is 1.20. The van der Waals surface area contributed by atoms with Crippen molar-refractivity contribution in [2.45, 2.75) is 18.9 Å². The van der Waals surface area contributed by atoms with Gasteiger partial charge in [0.25, 0.3) is 11.5 Å². The van der Waals surface area contributed by atoms with Gasteiger partial charge in [-0.3, -0.25) is 9.59 Å².